The second kappa shape index (κ2) is 10.3. The van der Waals surface area contributed by atoms with Gasteiger partial charge in [0.25, 0.3) is 5.91 Å². The van der Waals surface area contributed by atoms with E-state index in [-0.39, 0.29) is 24.7 Å². The molecule has 0 spiro atoms. The number of hydrogen-bond donors (Lipinski definition) is 1. The molecule has 0 saturated carbocycles. The Morgan fingerprint density at radius 3 is 2.39 bits per heavy atom. The molecule has 0 radical (unpaired) electrons. The zero-order valence-electron chi connectivity index (χ0n) is 17.6. The van der Waals surface area contributed by atoms with Crippen LogP contribution in [0, 0.1) is 0 Å². The third-order valence-electron chi connectivity index (χ3n) is 4.91. The van der Waals surface area contributed by atoms with Crippen LogP contribution in [-0.4, -0.2) is 48.9 Å². The van der Waals surface area contributed by atoms with Crippen LogP contribution >= 0.6 is 0 Å². The Kier molecular flexibility index (Phi) is 7.69. The molecule has 2 unspecified atom stereocenters. The van der Waals surface area contributed by atoms with Crippen LogP contribution in [0.1, 0.15) is 35.3 Å². The number of carbonyl (C=O) groups excluding carboxylic acids is 1. The molecular formula is C23H27F3N2O3. The maximum Gasteiger partial charge on any atom is 0.411 e. The van der Waals surface area contributed by atoms with Gasteiger partial charge in [0, 0.05) is 30.9 Å². The third kappa shape index (κ3) is 7.34. The molecule has 0 aliphatic carbocycles. The first-order valence-electron chi connectivity index (χ1n) is 10.2. The van der Waals surface area contributed by atoms with Crippen molar-refractivity contribution in [1.82, 2.24) is 4.90 Å². The summed E-state index contributed by atoms with van der Waals surface area (Å²) < 4.78 is 46.9. The smallest absolute Gasteiger partial charge is 0.373 e. The Bertz CT molecular complexity index is 861. The number of alkyl halides is 3. The molecule has 1 heterocycles. The molecule has 1 N–H and O–H groups in total. The zero-order valence-corrected chi connectivity index (χ0v) is 17.6. The number of amides is 1. The van der Waals surface area contributed by atoms with Gasteiger partial charge in [0.1, 0.15) is 6.61 Å². The van der Waals surface area contributed by atoms with Crippen LogP contribution in [0.4, 0.5) is 18.9 Å². The van der Waals surface area contributed by atoms with Gasteiger partial charge in [-0.15, -0.1) is 0 Å². The number of rotatable bonds is 7. The summed E-state index contributed by atoms with van der Waals surface area (Å²) in [5, 5.41) is 2.94. The molecule has 3 rings (SSSR count). The lowest BCUT2D eigenvalue weighted by Crippen LogP contribution is -2.44. The summed E-state index contributed by atoms with van der Waals surface area (Å²) in [4.78, 5) is 15.0. The van der Waals surface area contributed by atoms with Crippen molar-refractivity contribution in [2.45, 2.75) is 45.4 Å². The van der Waals surface area contributed by atoms with Crippen LogP contribution in [0.15, 0.2) is 48.5 Å². The predicted molar refractivity (Wildman–Crippen MR) is 112 cm³/mol. The molecule has 0 bridgehead atoms. The van der Waals surface area contributed by atoms with Crippen LogP contribution in [0.25, 0.3) is 0 Å². The number of morpholine rings is 1. The number of ether oxygens (including phenoxy) is 2. The molecule has 8 heteroatoms. The van der Waals surface area contributed by atoms with Crippen LogP contribution in [-0.2, 0) is 22.6 Å². The molecule has 2 atom stereocenters. The minimum Gasteiger partial charge on any atom is -0.373 e. The number of para-hydroxylation sites is 1. The Hall–Kier alpha value is -2.42. The molecule has 168 valence electrons. The Morgan fingerprint density at radius 2 is 1.74 bits per heavy atom. The molecule has 1 amide bonds. The van der Waals surface area contributed by atoms with Crippen molar-refractivity contribution in [3.8, 4) is 0 Å². The first-order valence-corrected chi connectivity index (χ1v) is 10.2. The van der Waals surface area contributed by atoms with E-state index in [2.05, 4.69) is 15.0 Å². The minimum atomic E-state index is -4.36. The Balaban J connectivity index is 1.60. The number of benzene rings is 2. The van der Waals surface area contributed by atoms with E-state index in [0.717, 1.165) is 24.3 Å². The highest BCUT2D eigenvalue weighted by atomic mass is 19.4. The molecule has 31 heavy (non-hydrogen) atoms. The fraction of sp³-hybridized carbons (Fsp3) is 0.435. The van der Waals surface area contributed by atoms with Gasteiger partial charge in [-0.2, -0.15) is 13.2 Å². The second-order valence-electron chi connectivity index (χ2n) is 7.87. The number of nitrogens with zero attached hydrogens (tertiary/aromatic N) is 1. The molecule has 2 aromatic rings. The van der Waals surface area contributed by atoms with Crippen molar-refractivity contribution in [1.29, 1.82) is 0 Å². The average Bonchev–Trinajstić information content (AvgIpc) is 2.68. The third-order valence-corrected chi connectivity index (χ3v) is 4.91. The van der Waals surface area contributed by atoms with Crippen LogP contribution in [0.2, 0.25) is 0 Å². The summed E-state index contributed by atoms with van der Waals surface area (Å²) in [7, 11) is 0. The Morgan fingerprint density at radius 1 is 1.10 bits per heavy atom. The van der Waals surface area contributed by atoms with E-state index < -0.39 is 12.8 Å². The van der Waals surface area contributed by atoms with Crippen LogP contribution < -0.4 is 5.32 Å². The molecule has 1 aliphatic rings. The SMILES string of the molecule is CC1CN(Cc2ccccc2NC(=O)c2ccc(COCC(F)(F)F)cc2)CC(C)O1. The van der Waals surface area contributed by atoms with Gasteiger partial charge >= 0.3 is 6.18 Å². The van der Waals surface area contributed by atoms with E-state index in [1.807, 2.05) is 38.1 Å². The van der Waals surface area contributed by atoms with E-state index in [1.165, 1.54) is 0 Å². The largest absolute Gasteiger partial charge is 0.411 e. The first-order chi connectivity index (χ1) is 14.7. The summed E-state index contributed by atoms with van der Waals surface area (Å²) in [6.45, 7) is 4.98. The number of carbonyl (C=O) groups is 1. The van der Waals surface area contributed by atoms with Gasteiger partial charge in [0.15, 0.2) is 0 Å². The normalized spacial score (nSPS) is 19.9. The lowest BCUT2D eigenvalue weighted by atomic mass is 10.1. The van der Waals surface area contributed by atoms with Crippen molar-refractivity contribution < 1.29 is 27.4 Å². The topological polar surface area (TPSA) is 50.8 Å². The van der Waals surface area contributed by atoms with Crippen molar-refractivity contribution in [2.24, 2.45) is 0 Å². The van der Waals surface area contributed by atoms with Crippen molar-refractivity contribution in [3.05, 3.63) is 65.2 Å². The van der Waals surface area contributed by atoms with E-state index >= 15 is 0 Å². The summed E-state index contributed by atoms with van der Waals surface area (Å²) in [6, 6.07) is 14.0. The lowest BCUT2D eigenvalue weighted by molar-refractivity contribution is -0.176. The number of halogens is 3. The van der Waals surface area contributed by atoms with E-state index in [9.17, 15) is 18.0 Å². The molecule has 1 fully saturated rings. The van der Waals surface area contributed by atoms with E-state index in [4.69, 9.17) is 4.74 Å². The molecule has 0 aromatic heterocycles. The maximum atomic E-state index is 12.7. The number of anilines is 1. The van der Waals surface area contributed by atoms with Gasteiger partial charge in [0.2, 0.25) is 0 Å². The fourth-order valence-electron chi connectivity index (χ4n) is 3.67. The standard InChI is InChI=1S/C23H27F3N2O3/c1-16-11-28(12-17(2)31-16)13-20-5-3-4-6-21(20)27-22(29)19-9-7-18(8-10-19)14-30-15-23(24,25)26/h3-10,16-17H,11-15H2,1-2H3,(H,27,29). The summed E-state index contributed by atoms with van der Waals surface area (Å²) in [6.07, 6.45) is -4.04. The molecule has 1 aliphatic heterocycles. The molecular weight excluding hydrogens is 409 g/mol. The van der Waals surface area contributed by atoms with Crippen molar-refractivity contribution >= 4 is 11.6 Å². The minimum absolute atomic E-state index is 0.157. The van der Waals surface area contributed by atoms with Crippen LogP contribution in [0.5, 0.6) is 0 Å². The summed E-state index contributed by atoms with van der Waals surface area (Å²) in [5.74, 6) is -0.279. The van der Waals surface area contributed by atoms with Gasteiger partial charge in [-0.05, 0) is 43.2 Å². The fourth-order valence-corrected chi connectivity index (χ4v) is 3.67. The lowest BCUT2D eigenvalue weighted by Gasteiger charge is -2.35. The van der Waals surface area contributed by atoms with Gasteiger partial charge in [-0.3, -0.25) is 9.69 Å². The van der Waals surface area contributed by atoms with Crippen LogP contribution in [0.3, 0.4) is 0 Å². The van der Waals surface area contributed by atoms with E-state index in [0.29, 0.717) is 17.7 Å². The first kappa shape index (κ1) is 23.2. The van der Waals surface area contributed by atoms with Gasteiger partial charge in [-0.1, -0.05) is 30.3 Å². The summed E-state index contributed by atoms with van der Waals surface area (Å²) in [5.41, 5.74) is 2.73. The highest BCUT2D eigenvalue weighted by Gasteiger charge is 2.27. The van der Waals surface area contributed by atoms with Gasteiger partial charge in [0.05, 0.1) is 18.8 Å². The van der Waals surface area contributed by atoms with Crippen molar-refractivity contribution in [2.75, 3.05) is 25.0 Å². The quantitative estimate of drug-likeness (QED) is 0.688. The Labute approximate surface area is 180 Å². The average molecular weight is 436 g/mol. The van der Waals surface area contributed by atoms with Gasteiger partial charge < -0.3 is 14.8 Å². The van der Waals surface area contributed by atoms with Crippen molar-refractivity contribution in [3.63, 3.8) is 0 Å². The number of nitrogens with one attached hydrogen (secondary N) is 1. The molecule has 2 aromatic carbocycles. The highest BCUT2D eigenvalue weighted by Crippen LogP contribution is 2.21. The second-order valence-corrected chi connectivity index (χ2v) is 7.87. The monoisotopic (exact) mass is 436 g/mol. The highest BCUT2D eigenvalue weighted by molar-refractivity contribution is 6.04. The van der Waals surface area contributed by atoms with Gasteiger partial charge in [-0.25, -0.2) is 0 Å². The van der Waals surface area contributed by atoms with E-state index in [1.54, 1.807) is 24.3 Å². The summed E-state index contributed by atoms with van der Waals surface area (Å²) >= 11 is 0. The molecule has 5 nitrogen and oxygen atoms in total. The zero-order chi connectivity index (χ0) is 22.4. The number of hydrogen-bond acceptors (Lipinski definition) is 4. The molecule has 1 saturated heterocycles. The predicted octanol–water partition coefficient (Wildman–Crippen LogP) is 4.63. The maximum absolute atomic E-state index is 12.7.